The highest BCUT2D eigenvalue weighted by Crippen LogP contribution is 2.28. The average Bonchev–Trinajstić information content (AvgIpc) is 2.41. The predicted molar refractivity (Wildman–Crippen MR) is 80.0 cm³/mol. The SMILES string of the molecule is CNc1ncc(Br)cc1S(=O)(=O)N1CCC(C)C(O)C1. The summed E-state index contributed by atoms with van der Waals surface area (Å²) in [6, 6.07) is 1.53. The maximum atomic E-state index is 12.7. The number of piperidine rings is 1. The zero-order chi connectivity index (χ0) is 14.9. The number of nitrogens with zero attached hydrogens (tertiary/aromatic N) is 2. The van der Waals surface area contributed by atoms with E-state index in [9.17, 15) is 13.5 Å². The van der Waals surface area contributed by atoms with Gasteiger partial charge in [-0.3, -0.25) is 0 Å². The summed E-state index contributed by atoms with van der Waals surface area (Å²) in [5.74, 6) is 0.423. The summed E-state index contributed by atoms with van der Waals surface area (Å²) in [6.45, 7) is 2.46. The Bertz CT molecular complexity index is 594. The molecule has 112 valence electrons. The lowest BCUT2D eigenvalue weighted by Crippen LogP contribution is -2.45. The van der Waals surface area contributed by atoms with Crippen LogP contribution in [0.4, 0.5) is 5.82 Å². The second-order valence-electron chi connectivity index (χ2n) is 4.95. The number of hydrogen-bond acceptors (Lipinski definition) is 5. The molecule has 0 amide bonds. The van der Waals surface area contributed by atoms with Crippen LogP contribution in [-0.2, 0) is 10.0 Å². The Morgan fingerprint density at radius 2 is 2.25 bits per heavy atom. The number of aliphatic hydroxyl groups excluding tert-OH is 1. The van der Waals surface area contributed by atoms with Crippen molar-refractivity contribution in [2.45, 2.75) is 24.3 Å². The van der Waals surface area contributed by atoms with Gasteiger partial charge >= 0.3 is 0 Å². The van der Waals surface area contributed by atoms with Crippen LogP contribution in [0.5, 0.6) is 0 Å². The molecule has 1 saturated heterocycles. The Hall–Kier alpha value is -0.700. The van der Waals surface area contributed by atoms with Crippen LogP contribution in [-0.4, -0.2) is 49.1 Å². The van der Waals surface area contributed by atoms with Gasteiger partial charge in [0, 0.05) is 30.8 Å². The van der Waals surface area contributed by atoms with E-state index in [1.807, 2.05) is 6.92 Å². The van der Waals surface area contributed by atoms with Gasteiger partial charge in [-0.1, -0.05) is 6.92 Å². The van der Waals surface area contributed by atoms with Gasteiger partial charge in [-0.2, -0.15) is 4.31 Å². The first-order valence-corrected chi connectivity index (χ1v) is 8.61. The minimum absolute atomic E-state index is 0.117. The molecule has 0 spiro atoms. The second kappa shape index (κ2) is 5.97. The van der Waals surface area contributed by atoms with Crippen molar-refractivity contribution in [2.24, 2.45) is 5.92 Å². The first kappa shape index (κ1) is 15.7. The third-order valence-corrected chi connectivity index (χ3v) is 5.87. The van der Waals surface area contributed by atoms with Crippen LogP contribution in [0.15, 0.2) is 21.6 Å². The molecule has 1 aliphatic heterocycles. The number of hydrogen-bond donors (Lipinski definition) is 2. The van der Waals surface area contributed by atoms with E-state index in [0.29, 0.717) is 23.3 Å². The van der Waals surface area contributed by atoms with Crippen LogP contribution in [0.3, 0.4) is 0 Å². The summed E-state index contributed by atoms with van der Waals surface area (Å²) < 4.78 is 27.3. The highest BCUT2D eigenvalue weighted by atomic mass is 79.9. The summed E-state index contributed by atoms with van der Waals surface area (Å²) in [5.41, 5.74) is 0. The van der Waals surface area contributed by atoms with Crippen molar-refractivity contribution in [2.75, 3.05) is 25.5 Å². The van der Waals surface area contributed by atoms with E-state index in [-0.39, 0.29) is 17.4 Å². The lowest BCUT2D eigenvalue weighted by Gasteiger charge is -2.33. The normalized spacial score (nSPS) is 24.6. The maximum absolute atomic E-state index is 12.7. The van der Waals surface area contributed by atoms with Crippen LogP contribution >= 0.6 is 15.9 Å². The molecule has 0 radical (unpaired) electrons. The van der Waals surface area contributed by atoms with Gasteiger partial charge in [0.25, 0.3) is 0 Å². The molecule has 0 aliphatic carbocycles. The van der Waals surface area contributed by atoms with Gasteiger partial charge < -0.3 is 10.4 Å². The number of sulfonamides is 1. The molecule has 2 N–H and O–H groups in total. The number of aromatic nitrogens is 1. The van der Waals surface area contributed by atoms with E-state index in [1.54, 1.807) is 7.05 Å². The molecule has 1 aliphatic rings. The number of rotatable bonds is 3. The van der Waals surface area contributed by atoms with Gasteiger partial charge in [0.1, 0.15) is 10.7 Å². The monoisotopic (exact) mass is 363 g/mol. The number of anilines is 1. The summed E-state index contributed by atoms with van der Waals surface area (Å²) >= 11 is 3.24. The molecule has 8 heteroatoms. The molecule has 0 bridgehead atoms. The summed E-state index contributed by atoms with van der Waals surface area (Å²) in [7, 11) is -2.04. The lowest BCUT2D eigenvalue weighted by molar-refractivity contribution is 0.0605. The first-order valence-electron chi connectivity index (χ1n) is 6.37. The van der Waals surface area contributed by atoms with Gasteiger partial charge in [-0.15, -0.1) is 0 Å². The molecule has 0 aromatic carbocycles. The molecule has 2 atom stereocenters. The molecule has 1 fully saturated rings. The Balaban J connectivity index is 2.38. The standard InChI is InChI=1S/C12H18BrN3O3S/c1-8-3-4-16(7-10(8)17)20(18,19)11-5-9(13)6-15-12(11)14-2/h5-6,8,10,17H,3-4,7H2,1-2H3,(H,14,15). The predicted octanol–water partition coefficient (Wildman–Crippen LogP) is 1.28. The molecule has 2 rings (SSSR count). The number of β-amino-alcohol motifs (C(OH)–C–C–N with tert-alkyl or cyclic N) is 1. The fourth-order valence-corrected chi connectivity index (χ4v) is 4.31. The van der Waals surface area contributed by atoms with Gasteiger partial charge in [0.05, 0.1) is 6.10 Å². The molecular weight excluding hydrogens is 346 g/mol. The fraction of sp³-hybridized carbons (Fsp3) is 0.583. The van der Waals surface area contributed by atoms with Crippen molar-refractivity contribution >= 4 is 31.8 Å². The summed E-state index contributed by atoms with van der Waals surface area (Å²) in [4.78, 5) is 4.19. The van der Waals surface area contributed by atoms with Crippen LogP contribution in [0, 0.1) is 5.92 Å². The van der Waals surface area contributed by atoms with Crippen molar-refractivity contribution in [3.05, 3.63) is 16.7 Å². The van der Waals surface area contributed by atoms with E-state index in [2.05, 4.69) is 26.2 Å². The zero-order valence-corrected chi connectivity index (χ0v) is 13.8. The summed E-state index contributed by atoms with van der Waals surface area (Å²) in [6.07, 6.45) is 1.56. The minimum Gasteiger partial charge on any atom is -0.391 e. The minimum atomic E-state index is -3.67. The van der Waals surface area contributed by atoms with E-state index in [0.717, 1.165) is 0 Å². The third kappa shape index (κ3) is 2.98. The smallest absolute Gasteiger partial charge is 0.246 e. The Morgan fingerprint density at radius 3 is 2.85 bits per heavy atom. The summed E-state index contributed by atoms with van der Waals surface area (Å²) in [5, 5.41) is 12.7. The molecule has 20 heavy (non-hydrogen) atoms. The third-order valence-electron chi connectivity index (χ3n) is 3.56. The number of halogens is 1. The van der Waals surface area contributed by atoms with Gasteiger partial charge in [-0.25, -0.2) is 13.4 Å². The van der Waals surface area contributed by atoms with E-state index in [4.69, 9.17) is 0 Å². The number of pyridine rings is 1. The molecular formula is C12H18BrN3O3S. The number of aliphatic hydroxyl groups is 1. The van der Waals surface area contributed by atoms with E-state index >= 15 is 0 Å². The highest BCUT2D eigenvalue weighted by molar-refractivity contribution is 9.10. The van der Waals surface area contributed by atoms with Crippen molar-refractivity contribution in [1.29, 1.82) is 0 Å². The van der Waals surface area contributed by atoms with Gasteiger partial charge in [0.15, 0.2) is 0 Å². The molecule has 1 aromatic rings. The van der Waals surface area contributed by atoms with Crippen molar-refractivity contribution < 1.29 is 13.5 Å². The Kier molecular flexibility index (Phi) is 4.68. The largest absolute Gasteiger partial charge is 0.391 e. The van der Waals surface area contributed by atoms with E-state index in [1.165, 1.54) is 16.6 Å². The second-order valence-corrected chi connectivity index (χ2v) is 7.77. The Morgan fingerprint density at radius 1 is 1.55 bits per heavy atom. The molecule has 2 unspecified atom stereocenters. The van der Waals surface area contributed by atoms with Crippen LogP contribution < -0.4 is 5.32 Å². The fourth-order valence-electron chi connectivity index (χ4n) is 2.18. The lowest BCUT2D eigenvalue weighted by atomic mass is 9.98. The Labute approximate surface area is 127 Å². The zero-order valence-electron chi connectivity index (χ0n) is 11.4. The van der Waals surface area contributed by atoms with Crippen LogP contribution in [0.1, 0.15) is 13.3 Å². The van der Waals surface area contributed by atoms with Gasteiger partial charge in [-0.05, 0) is 34.3 Å². The van der Waals surface area contributed by atoms with Crippen LogP contribution in [0.2, 0.25) is 0 Å². The maximum Gasteiger partial charge on any atom is 0.246 e. The van der Waals surface area contributed by atoms with Gasteiger partial charge in [0.2, 0.25) is 10.0 Å². The quantitative estimate of drug-likeness (QED) is 0.844. The van der Waals surface area contributed by atoms with E-state index < -0.39 is 16.1 Å². The average molecular weight is 364 g/mol. The molecule has 1 aromatic heterocycles. The topological polar surface area (TPSA) is 82.5 Å². The highest BCUT2D eigenvalue weighted by Gasteiger charge is 2.34. The van der Waals surface area contributed by atoms with Crippen molar-refractivity contribution in [3.8, 4) is 0 Å². The van der Waals surface area contributed by atoms with Crippen LogP contribution in [0.25, 0.3) is 0 Å². The number of nitrogens with one attached hydrogen (secondary N) is 1. The first-order chi connectivity index (χ1) is 9.36. The molecule has 2 heterocycles. The molecule has 0 saturated carbocycles. The van der Waals surface area contributed by atoms with Crippen molar-refractivity contribution in [1.82, 2.24) is 9.29 Å². The van der Waals surface area contributed by atoms with Crippen molar-refractivity contribution in [3.63, 3.8) is 0 Å². The molecule has 6 nitrogen and oxygen atoms in total.